The SMILES string of the molecule is CCN(CC)c1ccc(NC(=O)c2ccc(-c3ccccc3F)o2)cc1. The summed E-state index contributed by atoms with van der Waals surface area (Å²) in [5.74, 6) is -0.301. The fourth-order valence-electron chi connectivity index (χ4n) is 2.80. The lowest BCUT2D eigenvalue weighted by atomic mass is 10.1. The number of halogens is 1. The van der Waals surface area contributed by atoms with Crippen molar-refractivity contribution in [3.8, 4) is 11.3 Å². The molecule has 0 spiro atoms. The molecule has 1 heterocycles. The normalized spacial score (nSPS) is 10.6. The topological polar surface area (TPSA) is 45.5 Å². The molecule has 4 nitrogen and oxygen atoms in total. The number of benzene rings is 2. The average Bonchev–Trinajstić information content (AvgIpc) is 3.14. The van der Waals surface area contributed by atoms with Crippen LogP contribution in [0.15, 0.2) is 65.1 Å². The molecule has 0 saturated heterocycles. The first kappa shape index (κ1) is 17.7. The molecule has 0 saturated carbocycles. The van der Waals surface area contributed by atoms with E-state index in [4.69, 9.17) is 4.42 Å². The minimum absolute atomic E-state index is 0.135. The summed E-state index contributed by atoms with van der Waals surface area (Å²) < 4.78 is 19.4. The predicted octanol–water partition coefficient (Wildman–Crippen LogP) is 5.18. The maximum absolute atomic E-state index is 13.8. The van der Waals surface area contributed by atoms with Gasteiger partial charge in [-0.1, -0.05) is 12.1 Å². The quantitative estimate of drug-likeness (QED) is 0.664. The third kappa shape index (κ3) is 3.77. The Morgan fingerprint density at radius 1 is 1.00 bits per heavy atom. The Morgan fingerprint density at radius 2 is 1.69 bits per heavy atom. The van der Waals surface area contributed by atoms with Crippen molar-refractivity contribution < 1.29 is 13.6 Å². The zero-order valence-corrected chi connectivity index (χ0v) is 14.8. The van der Waals surface area contributed by atoms with Crippen molar-refractivity contribution in [1.29, 1.82) is 0 Å². The van der Waals surface area contributed by atoms with E-state index in [0.717, 1.165) is 18.8 Å². The van der Waals surface area contributed by atoms with Gasteiger partial charge in [0, 0.05) is 24.5 Å². The Kier molecular flexibility index (Phi) is 5.37. The van der Waals surface area contributed by atoms with E-state index < -0.39 is 0 Å². The van der Waals surface area contributed by atoms with Crippen LogP contribution in [-0.2, 0) is 0 Å². The summed E-state index contributed by atoms with van der Waals surface area (Å²) in [6.07, 6.45) is 0. The highest BCUT2D eigenvalue weighted by Gasteiger charge is 2.14. The van der Waals surface area contributed by atoms with Gasteiger partial charge >= 0.3 is 0 Å². The second-order valence-corrected chi connectivity index (χ2v) is 5.82. The Hall–Kier alpha value is -3.08. The van der Waals surface area contributed by atoms with Crippen LogP contribution in [0.3, 0.4) is 0 Å². The Balaban J connectivity index is 1.72. The van der Waals surface area contributed by atoms with E-state index in [1.54, 1.807) is 30.3 Å². The summed E-state index contributed by atoms with van der Waals surface area (Å²) >= 11 is 0. The van der Waals surface area contributed by atoms with Gasteiger partial charge in [-0.3, -0.25) is 4.79 Å². The molecule has 0 aliphatic rings. The molecule has 0 radical (unpaired) electrons. The minimum Gasteiger partial charge on any atom is -0.451 e. The van der Waals surface area contributed by atoms with E-state index in [2.05, 4.69) is 24.1 Å². The van der Waals surface area contributed by atoms with Gasteiger partial charge in [-0.2, -0.15) is 0 Å². The van der Waals surface area contributed by atoms with E-state index in [1.165, 1.54) is 6.07 Å². The predicted molar refractivity (Wildman–Crippen MR) is 102 cm³/mol. The highest BCUT2D eigenvalue weighted by atomic mass is 19.1. The van der Waals surface area contributed by atoms with Crippen molar-refractivity contribution in [2.75, 3.05) is 23.3 Å². The van der Waals surface area contributed by atoms with Crippen LogP contribution in [0, 0.1) is 5.82 Å². The molecule has 0 aliphatic carbocycles. The van der Waals surface area contributed by atoms with Gasteiger partial charge in [0.1, 0.15) is 11.6 Å². The van der Waals surface area contributed by atoms with Crippen LogP contribution in [-0.4, -0.2) is 19.0 Å². The standard InChI is InChI=1S/C21H21FN2O2/c1-3-24(4-2)16-11-9-15(10-12-16)23-21(25)20-14-13-19(26-20)17-7-5-6-8-18(17)22/h5-14H,3-4H2,1-2H3,(H,23,25). The summed E-state index contributed by atoms with van der Waals surface area (Å²) in [5.41, 5.74) is 2.11. The molecule has 5 heteroatoms. The van der Waals surface area contributed by atoms with Gasteiger partial charge < -0.3 is 14.6 Å². The van der Waals surface area contributed by atoms with Crippen LogP contribution >= 0.6 is 0 Å². The van der Waals surface area contributed by atoms with Crippen molar-refractivity contribution >= 4 is 17.3 Å². The van der Waals surface area contributed by atoms with Crippen molar-refractivity contribution in [2.45, 2.75) is 13.8 Å². The largest absolute Gasteiger partial charge is 0.451 e. The number of hydrogen-bond donors (Lipinski definition) is 1. The van der Waals surface area contributed by atoms with E-state index >= 15 is 0 Å². The Labute approximate surface area is 152 Å². The van der Waals surface area contributed by atoms with Crippen LogP contribution < -0.4 is 10.2 Å². The third-order valence-corrected chi connectivity index (χ3v) is 4.22. The number of carbonyl (C=O) groups excluding carboxylic acids is 1. The van der Waals surface area contributed by atoms with Gasteiger partial charge in [0.15, 0.2) is 5.76 Å². The maximum Gasteiger partial charge on any atom is 0.291 e. The molecular formula is C21H21FN2O2. The summed E-state index contributed by atoms with van der Waals surface area (Å²) in [6.45, 7) is 6.05. The van der Waals surface area contributed by atoms with Gasteiger partial charge in [-0.05, 0) is 62.4 Å². The fourth-order valence-corrected chi connectivity index (χ4v) is 2.80. The molecule has 1 aromatic heterocycles. The monoisotopic (exact) mass is 352 g/mol. The van der Waals surface area contributed by atoms with Crippen LogP contribution in [0.2, 0.25) is 0 Å². The number of furan rings is 1. The van der Waals surface area contributed by atoms with E-state index in [1.807, 2.05) is 24.3 Å². The number of amides is 1. The van der Waals surface area contributed by atoms with Crippen molar-refractivity contribution in [1.82, 2.24) is 0 Å². The Bertz CT molecular complexity index is 883. The lowest BCUT2D eigenvalue weighted by Crippen LogP contribution is -2.21. The van der Waals surface area contributed by atoms with Crippen molar-refractivity contribution in [3.63, 3.8) is 0 Å². The molecule has 0 atom stereocenters. The number of nitrogens with zero attached hydrogens (tertiary/aromatic N) is 1. The number of anilines is 2. The number of nitrogens with one attached hydrogen (secondary N) is 1. The fraction of sp³-hybridized carbons (Fsp3) is 0.190. The van der Waals surface area contributed by atoms with E-state index in [9.17, 15) is 9.18 Å². The second kappa shape index (κ2) is 7.87. The second-order valence-electron chi connectivity index (χ2n) is 5.82. The minimum atomic E-state index is -0.388. The lowest BCUT2D eigenvalue weighted by molar-refractivity contribution is 0.0997. The zero-order chi connectivity index (χ0) is 18.5. The number of rotatable bonds is 6. The molecule has 3 aromatic rings. The average molecular weight is 352 g/mol. The summed E-state index contributed by atoms with van der Waals surface area (Å²) in [7, 11) is 0. The summed E-state index contributed by atoms with van der Waals surface area (Å²) in [4.78, 5) is 14.6. The first-order valence-electron chi connectivity index (χ1n) is 8.63. The van der Waals surface area contributed by atoms with Crippen molar-refractivity contribution in [2.24, 2.45) is 0 Å². The number of carbonyl (C=O) groups is 1. The van der Waals surface area contributed by atoms with Gasteiger partial charge in [0.25, 0.3) is 5.91 Å². The van der Waals surface area contributed by atoms with Crippen LogP contribution in [0.25, 0.3) is 11.3 Å². The van der Waals surface area contributed by atoms with Gasteiger partial charge in [0.2, 0.25) is 0 Å². The molecule has 2 aromatic carbocycles. The highest BCUT2D eigenvalue weighted by Crippen LogP contribution is 2.25. The molecule has 0 bridgehead atoms. The third-order valence-electron chi connectivity index (χ3n) is 4.22. The molecule has 1 amide bonds. The molecule has 1 N–H and O–H groups in total. The summed E-state index contributed by atoms with van der Waals surface area (Å²) in [6, 6.07) is 17.1. The Morgan fingerprint density at radius 3 is 2.35 bits per heavy atom. The lowest BCUT2D eigenvalue weighted by Gasteiger charge is -2.21. The summed E-state index contributed by atoms with van der Waals surface area (Å²) in [5, 5.41) is 2.79. The van der Waals surface area contributed by atoms with Crippen LogP contribution in [0.1, 0.15) is 24.4 Å². The maximum atomic E-state index is 13.8. The van der Waals surface area contributed by atoms with Gasteiger partial charge in [-0.15, -0.1) is 0 Å². The first-order valence-corrected chi connectivity index (χ1v) is 8.63. The number of hydrogen-bond acceptors (Lipinski definition) is 3. The molecule has 0 unspecified atom stereocenters. The van der Waals surface area contributed by atoms with Gasteiger partial charge in [0.05, 0.1) is 5.56 Å². The molecule has 134 valence electrons. The molecule has 0 fully saturated rings. The van der Waals surface area contributed by atoms with Crippen LogP contribution in [0.4, 0.5) is 15.8 Å². The van der Waals surface area contributed by atoms with E-state index in [-0.39, 0.29) is 17.5 Å². The van der Waals surface area contributed by atoms with Crippen LogP contribution in [0.5, 0.6) is 0 Å². The molecular weight excluding hydrogens is 331 g/mol. The molecule has 3 rings (SSSR count). The highest BCUT2D eigenvalue weighted by molar-refractivity contribution is 6.02. The molecule has 0 aliphatic heterocycles. The smallest absolute Gasteiger partial charge is 0.291 e. The van der Waals surface area contributed by atoms with E-state index in [0.29, 0.717) is 17.0 Å². The zero-order valence-electron chi connectivity index (χ0n) is 14.8. The van der Waals surface area contributed by atoms with Crippen molar-refractivity contribution in [3.05, 3.63) is 72.2 Å². The first-order chi connectivity index (χ1) is 12.6. The molecule has 26 heavy (non-hydrogen) atoms. The van der Waals surface area contributed by atoms with Gasteiger partial charge in [-0.25, -0.2) is 4.39 Å².